The molecular formula is C30H23BrN2O4. The number of hydrogen-bond donors (Lipinski definition) is 1. The maximum absolute atomic E-state index is 12.7. The number of nitrogens with one attached hydrogen (secondary N) is 1. The Kier molecular flexibility index (Phi) is 8.34. The number of amides is 1. The summed E-state index contributed by atoms with van der Waals surface area (Å²) in [7, 11) is 0. The van der Waals surface area contributed by atoms with Crippen molar-refractivity contribution >= 4 is 50.3 Å². The molecule has 6 nitrogen and oxygen atoms in total. The van der Waals surface area contributed by atoms with Crippen LogP contribution in [0.4, 0.5) is 5.69 Å². The number of carbonyl (C=O) groups excluding carboxylic acids is 2. The Morgan fingerprint density at radius 3 is 2.49 bits per heavy atom. The first kappa shape index (κ1) is 25.7. The number of nitriles is 1. The predicted octanol–water partition coefficient (Wildman–Crippen LogP) is 6.90. The summed E-state index contributed by atoms with van der Waals surface area (Å²) in [5.41, 5.74) is 2.51. The number of nitrogens with zero attached hydrogens (tertiary/aromatic N) is 1. The lowest BCUT2D eigenvalue weighted by atomic mass is 10.1. The quantitative estimate of drug-likeness (QED) is 0.145. The molecule has 0 fully saturated rings. The molecule has 0 aliphatic heterocycles. The second-order valence-electron chi connectivity index (χ2n) is 8.04. The van der Waals surface area contributed by atoms with Gasteiger partial charge in [-0.05, 0) is 87.2 Å². The molecule has 0 radical (unpaired) electrons. The highest BCUT2D eigenvalue weighted by Gasteiger charge is 2.12. The summed E-state index contributed by atoms with van der Waals surface area (Å²) >= 11 is 3.53. The van der Waals surface area contributed by atoms with Gasteiger partial charge in [-0.2, -0.15) is 5.26 Å². The Hall–Kier alpha value is -4.41. The normalized spacial score (nSPS) is 11.0. The molecule has 0 aromatic heterocycles. The van der Waals surface area contributed by atoms with Gasteiger partial charge in [0, 0.05) is 5.69 Å². The summed E-state index contributed by atoms with van der Waals surface area (Å²) in [6.45, 7) is 2.41. The SMILES string of the molecule is CCOC(=O)c1ccc(NC(=O)/C(C#N)=C/c2ccc(OCc3cccc4ccccc34)c(Br)c2)cc1. The molecule has 0 heterocycles. The topological polar surface area (TPSA) is 88.4 Å². The minimum atomic E-state index is -0.557. The highest BCUT2D eigenvalue weighted by Crippen LogP contribution is 2.29. The molecule has 1 amide bonds. The average Bonchev–Trinajstić information content (AvgIpc) is 2.91. The van der Waals surface area contributed by atoms with E-state index >= 15 is 0 Å². The van der Waals surface area contributed by atoms with Gasteiger partial charge in [-0.1, -0.05) is 48.5 Å². The van der Waals surface area contributed by atoms with Crippen molar-refractivity contribution in [3.05, 3.63) is 112 Å². The minimum absolute atomic E-state index is 0.0641. The lowest BCUT2D eigenvalue weighted by molar-refractivity contribution is -0.112. The molecule has 0 atom stereocenters. The van der Waals surface area contributed by atoms with Gasteiger partial charge in [-0.3, -0.25) is 4.79 Å². The number of ether oxygens (including phenoxy) is 2. The van der Waals surface area contributed by atoms with Gasteiger partial charge in [-0.25, -0.2) is 4.79 Å². The summed E-state index contributed by atoms with van der Waals surface area (Å²) in [5, 5.41) is 14.5. The third-order valence-corrected chi connectivity index (χ3v) is 6.17. The molecule has 7 heteroatoms. The monoisotopic (exact) mass is 554 g/mol. The van der Waals surface area contributed by atoms with E-state index in [4.69, 9.17) is 9.47 Å². The van der Waals surface area contributed by atoms with Crippen LogP contribution >= 0.6 is 15.9 Å². The van der Waals surface area contributed by atoms with E-state index in [0.717, 1.165) is 16.3 Å². The lowest BCUT2D eigenvalue weighted by Gasteiger charge is -2.11. The van der Waals surface area contributed by atoms with Crippen LogP contribution in [0.2, 0.25) is 0 Å². The zero-order valence-corrected chi connectivity index (χ0v) is 21.6. The van der Waals surface area contributed by atoms with Crippen LogP contribution in [0.1, 0.15) is 28.4 Å². The molecule has 184 valence electrons. The van der Waals surface area contributed by atoms with E-state index in [2.05, 4.69) is 39.4 Å². The fourth-order valence-corrected chi connectivity index (χ4v) is 4.23. The summed E-state index contributed by atoms with van der Waals surface area (Å²) in [6, 6.07) is 27.8. The average molecular weight is 555 g/mol. The van der Waals surface area contributed by atoms with E-state index < -0.39 is 11.9 Å². The molecule has 4 aromatic rings. The van der Waals surface area contributed by atoms with Gasteiger partial charge in [0.05, 0.1) is 16.6 Å². The van der Waals surface area contributed by atoms with Gasteiger partial charge in [0.2, 0.25) is 0 Å². The largest absolute Gasteiger partial charge is 0.488 e. The number of anilines is 1. The van der Waals surface area contributed by atoms with Gasteiger partial charge in [-0.15, -0.1) is 0 Å². The van der Waals surface area contributed by atoms with E-state index in [-0.39, 0.29) is 12.2 Å². The van der Waals surface area contributed by atoms with E-state index in [0.29, 0.717) is 33.6 Å². The molecule has 0 spiro atoms. The van der Waals surface area contributed by atoms with Crippen molar-refractivity contribution < 1.29 is 19.1 Å². The highest BCUT2D eigenvalue weighted by atomic mass is 79.9. The third kappa shape index (κ3) is 6.43. The third-order valence-electron chi connectivity index (χ3n) is 5.55. The van der Waals surface area contributed by atoms with Crippen molar-refractivity contribution in [1.29, 1.82) is 5.26 Å². The number of fused-ring (bicyclic) bond motifs is 1. The molecule has 0 aliphatic rings. The van der Waals surface area contributed by atoms with Crippen LogP contribution in [0.3, 0.4) is 0 Å². The molecule has 4 aromatic carbocycles. The van der Waals surface area contributed by atoms with Crippen molar-refractivity contribution in [3.63, 3.8) is 0 Å². The number of benzene rings is 4. The van der Waals surface area contributed by atoms with Crippen LogP contribution < -0.4 is 10.1 Å². The number of esters is 1. The van der Waals surface area contributed by atoms with Crippen molar-refractivity contribution in [3.8, 4) is 11.8 Å². The molecule has 0 bridgehead atoms. The van der Waals surface area contributed by atoms with Crippen molar-refractivity contribution in [2.75, 3.05) is 11.9 Å². The summed E-state index contributed by atoms with van der Waals surface area (Å²) in [5.74, 6) is -0.346. The maximum Gasteiger partial charge on any atom is 0.338 e. The van der Waals surface area contributed by atoms with Crippen molar-refractivity contribution in [1.82, 2.24) is 0 Å². The number of carbonyl (C=O) groups is 2. The maximum atomic E-state index is 12.7. The van der Waals surface area contributed by atoms with E-state index in [1.165, 1.54) is 6.08 Å². The number of hydrogen-bond acceptors (Lipinski definition) is 5. The zero-order chi connectivity index (χ0) is 26.2. The van der Waals surface area contributed by atoms with Crippen LogP contribution in [0.15, 0.2) is 95.0 Å². The second kappa shape index (κ2) is 12.0. The lowest BCUT2D eigenvalue weighted by Crippen LogP contribution is -2.13. The van der Waals surface area contributed by atoms with Gasteiger partial charge in [0.1, 0.15) is 24.0 Å². The van der Waals surface area contributed by atoms with Gasteiger partial charge < -0.3 is 14.8 Å². The highest BCUT2D eigenvalue weighted by molar-refractivity contribution is 9.10. The second-order valence-corrected chi connectivity index (χ2v) is 8.89. The summed E-state index contributed by atoms with van der Waals surface area (Å²) in [6.07, 6.45) is 1.50. The fourth-order valence-electron chi connectivity index (χ4n) is 3.72. The van der Waals surface area contributed by atoms with Crippen LogP contribution in [-0.2, 0) is 16.1 Å². The van der Waals surface area contributed by atoms with Crippen LogP contribution in [0.5, 0.6) is 5.75 Å². The summed E-state index contributed by atoms with van der Waals surface area (Å²) < 4.78 is 11.7. The standard InChI is InChI=1S/C30H23BrN2O4/c1-2-36-30(35)22-11-13-25(14-12-22)33-29(34)24(18-32)16-20-10-15-28(27(31)17-20)37-19-23-8-5-7-21-6-3-4-9-26(21)23/h3-17H,2,19H2,1H3,(H,33,34)/b24-16+. The predicted molar refractivity (Wildman–Crippen MR) is 147 cm³/mol. The van der Waals surface area contributed by atoms with E-state index in [1.54, 1.807) is 49.4 Å². The van der Waals surface area contributed by atoms with Gasteiger partial charge in [0.15, 0.2) is 0 Å². The molecule has 37 heavy (non-hydrogen) atoms. The van der Waals surface area contributed by atoms with Crippen molar-refractivity contribution in [2.45, 2.75) is 13.5 Å². The first-order chi connectivity index (χ1) is 18.0. The summed E-state index contributed by atoms with van der Waals surface area (Å²) in [4.78, 5) is 24.4. The van der Waals surface area contributed by atoms with Crippen LogP contribution in [-0.4, -0.2) is 18.5 Å². The first-order valence-corrected chi connectivity index (χ1v) is 12.4. The van der Waals surface area contributed by atoms with E-state index in [1.807, 2.05) is 30.3 Å². The zero-order valence-electron chi connectivity index (χ0n) is 20.0. The smallest absolute Gasteiger partial charge is 0.338 e. The molecule has 1 N–H and O–H groups in total. The molecule has 0 aliphatic carbocycles. The Morgan fingerprint density at radius 2 is 1.76 bits per heavy atom. The molecule has 0 unspecified atom stereocenters. The Labute approximate surface area is 223 Å². The molecular weight excluding hydrogens is 532 g/mol. The Morgan fingerprint density at radius 1 is 1.00 bits per heavy atom. The van der Waals surface area contributed by atoms with Crippen LogP contribution in [0, 0.1) is 11.3 Å². The van der Waals surface area contributed by atoms with E-state index in [9.17, 15) is 14.9 Å². The Bertz CT molecular complexity index is 1520. The minimum Gasteiger partial charge on any atom is -0.488 e. The molecule has 4 rings (SSSR count). The Balaban J connectivity index is 1.43. The molecule has 0 saturated heterocycles. The molecule has 0 saturated carbocycles. The first-order valence-electron chi connectivity index (χ1n) is 11.6. The van der Waals surface area contributed by atoms with Gasteiger partial charge in [0.25, 0.3) is 5.91 Å². The van der Waals surface area contributed by atoms with Gasteiger partial charge >= 0.3 is 5.97 Å². The van der Waals surface area contributed by atoms with Crippen molar-refractivity contribution in [2.24, 2.45) is 0 Å². The van der Waals surface area contributed by atoms with Crippen LogP contribution in [0.25, 0.3) is 16.8 Å². The number of halogens is 1. The fraction of sp³-hybridized carbons (Fsp3) is 0.100. The number of rotatable bonds is 8.